The molecule has 0 saturated heterocycles. The molecule has 172 valence electrons. The van der Waals surface area contributed by atoms with Crippen molar-refractivity contribution in [2.45, 2.75) is 25.6 Å². The standard InChI is InChI=1S/C20H22ClF3N6O2/c1-12-18-15(30(28-27-18)16(25)6-8-26-9-11-32-2)7-10-29(12)19(31)13-4-3-5-14(17(13)21)20(22,23)24/h3-6,8,12H,7,9-11,25H2,1-2H3/t12-/m0/s1. The Kier molecular flexibility index (Phi) is 7.19. The van der Waals surface area contributed by atoms with Crippen LogP contribution in [0.3, 0.4) is 0 Å². The van der Waals surface area contributed by atoms with Gasteiger partial charge in [0.05, 0.1) is 41.0 Å². The van der Waals surface area contributed by atoms with E-state index in [1.54, 1.807) is 26.3 Å². The number of alkyl halides is 3. The fourth-order valence-electron chi connectivity index (χ4n) is 3.41. The van der Waals surface area contributed by atoms with Gasteiger partial charge in [0.1, 0.15) is 11.5 Å². The summed E-state index contributed by atoms with van der Waals surface area (Å²) in [5, 5.41) is 7.59. The topological polar surface area (TPSA) is 98.6 Å². The zero-order valence-corrected chi connectivity index (χ0v) is 18.2. The Morgan fingerprint density at radius 3 is 2.88 bits per heavy atom. The number of fused-ring (bicyclic) bond motifs is 1. The number of methoxy groups -OCH3 is 1. The molecule has 1 amide bonds. The van der Waals surface area contributed by atoms with E-state index in [4.69, 9.17) is 22.1 Å². The summed E-state index contributed by atoms with van der Waals surface area (Å²) < 4.78 is 45.9. The average molecular weight is 471 g/mol. The van der Waals surface area contributed by atoms with Gasteiger partial charge in [-0.05, 0) is 25.1 Å². The molecule has 8 nitrogen and oxygen atoms in total. The van der Waals surface area contributed by atoms with Crippen molar-refractivity contribution < 1.29 is 22.7 Å². The summed E-state index contributed by atoms with van der Waals surface area (Å²) >= 11 is 5.94. The highest BCUT2D eigenvalue weighted by molar-refractivity contribution is 6.34. The number of nitrogens with zero attached hydrogens (tertiary/aromatic N) is 5. The Labute approximate surface area is 187 Å². The Morgan fingerprint density at radius 1 is 1.44 bits per heavy atom. The first-order valence-electron chi connectivity index (χ1n) is 9.72. The normalized spacial score (nSPS) is 17.1. The Bertz CT molecular complexity index is 1050. The van der Waals surface area contributed by atoms with Crippen LogP contribution in [0.15, 0.2) is 29.3 Å². The number of ether oxygens (including phenoxy) is 1. The molecule has 0 bridgehead atoms. The van der Waals surface area contributed by atoms with Gasteiger partial charge in [-0.15, -0.1) is 5.10 Å². The molecule has 1 atom stereocenters. The van der Waals surface area contributed by atoms with E-state index in [0.717, 1.165) is 17.8 Å². The summed E-state index contributed by atoms with van der Waals surface area (Å²) in [6, 6.07) is 2.75. The largest absolute Gasteiger partial charge is 0.417 e. The molecule has 32 heavy (non-hydrogen) atoms. The minimum Gasteiger partial charge on any atom is -0.384 e. The lowest BCUT2D eigenvalue weighted by Crippen LogP contribution is -2.39. The molecule has 2 aromatic rings. The van der Waals surface area contributed by atoms with E-state index in [0.29, 0.717) is 31.1 Å². The monoisotopic (exact) mass is 470 g/mol. The van der Waals surface area contributed by atoms with E-state index in [2.05, 4.69) is 15.3 Å². The van der Waals surface area contributed by atoms with Crippen LogP contribution in [0.2, 0.25) is 5.02 Å². The number of hydrogen-bond donors (Lipinski definition) is 1. The number of halogens is 4. The zero-order valence-electron chi connectivity index (χ0n) is 17.4. The SMILES string of the molecule is COCCN=CC=C(N)n1nnc2c1CCN(C(=O)c1cccc(C(F)(F)F)c1Cl)[C@H]2C. The molecule has 1 aliphatic rings. The molecule has 1 aromatic carbocycles. The van der Waals surface area contributed by atoms with Gasteiger partial charge in [0.25, 0.3) is 5.91 Å². The third kappa shape index (κ3) is 4.78. The van der Waals surface area contributed by atoms with Gasteiger partial charge >= 0.3 is 6.18 Å². The minimum absolute atomic E-state index is 0.212. The number of benzene rings is 1. The van der Waals surface area contributed by atoms with Gasteiger partial charge in [-0.3, -0.25) is 9.79 Å². The molecule has 1 aromatic heterocycles. The van der Waals surface area contributed by atoms with E-state index in [1.807, 2.05) is 0 Å². The van der Waals surface area contributed by atoms with Crippen molar-refractivity contribution in [2.75, 3.05) is 26.8 Å². The summed E-state index contributed by atoms with van der Waals surface area (Å²) in [5.41, 5.74) is 6.05. The molecule has 12 heteroatoms. The van der Waals surface area contributed by atoms with Crippen LogP contribution in [0.1, 0.15) is 40.3 Å². The van der Waals surface area contributed by atoms with Gasteiger partial charge in [-0.25, -0.2) is 4.68 Å². The lowest BCUT2D eigenvalue weighted by molar-refractivity contribution is -0.137. The number of aliphatic imine (C=N–C) groups is 1. The molecule has 0 spiro atoms. The molecule has 0 unspecified atom stereocenters. The second-order valence-electron chi connectivity index (χ2n) is 7.06. The molecule has 3 rings (SSSR count). The number of aromatic nitrogens is 3. The van der Waals surface area contributed by atoms with Crippen molar-refractivity contribution in [2.24, 2.45) is 10.7 Å². The second-order valence-corrected chi connectivity index (χ2v) is 7.44. The quantitative estimate of drug-likeness (QED) is 0.516. The number of nitrogens with two attached hydrogens (primary N) is 1. The maximum atomic E-state index is 13.2. The number of amides is 1. The number of rotatable bonds is 6. The van der Waals surface area contributed by atoms with Gasteiger partial charge in [0, 0.05) is 26.3 Å². The number of carbonyl (C=O) groups excluding carboxylic acids is 1. The number of carbonyl (C=O) groups is 1. The maximum Gasteiger partial charge on any atom is 0.417 e. The molecule has 0 saturated carbocycles. The van der Waals surface area contributed by atoms with Crippen LogP contribution in [-0.4, -0.2) is 58.8 Å². The lowest BCUT2D eigenvalue weighted by atomic mass is 10.0. The Balaban J connectivity index is 1.83. The van der Waals surface area contributed by atoms with E-state index < -0.39 is 28.7 Å². The van der Waals surface area contributed by atoms with Crippen LogP contribution < -0.4 is 5.73 Å². The van der Waals surface area contributed by atoms with E-state index in [-0.39, 0.29) is 12.1 Å². The molecule has 0 aliphatic carbocycles. The third-order valence-corrected chi connectivity index (χ3v) is 5.47. The number of allylic oxidation sites excluding steroid dienone is 1. The van der Waals surface area contributed by atoms with Crippen molar-refractivity contribution >= 4 is 29.5 Å². The summed E-state index contributed by atoms with van der Waals surface area (Å²) in [4.78, 5) is 18.6. The van der Waals surface area contributed by atoms with Gasteiger partial charge in [0.2, 0.25) is 0 Å². The van der Waals surface area contributed by atoms with Gasteiger partial charge in [0.15, 0.2) is 0 Å². The van der Waals surface area contributed by atoms with Crippen LogP contribution in [-0.2, 0) is 17.3 Å². The highest BCUT2D eigenvalue weighted by Crippen LogP contribution is 2.38. The zero-order chi connectivity index (χ0) is 23.5. The van der Waals surface area contributed by atoms with Crippen molar-refractivity contribution in [3.63, 3.8) is 0 Å². The highest BCUT2D eigenvalue weighted by atomic mass is 35.5. The average Bonchev–Trinajstić information content (AvgIpc) is 3.18. The molecule has 2 heterocycles. The van der Waals surface area contributed by atoms with Crippen LogP contribution >= 0.6 is 11.6 Å². The van der Waals surface area contributed by atoms with Crippen molar-refractivity contribution in [3.8, 4) is 0 Å². The van der Waals surface area contributed by atoms with Crippen molar-refractivity contribution in [1.82, 2.24) is 19.9 Å². The van der Waals surface area contributed by atoms with Crippen LogP contribution in [0.5, 0.6) is 0 Å². The van der Waals surface area contributed by atoms with Crippen molar-refractivity contribution in [1.29, 1.82) is 0 Å². The first-order valence-corrected chi connectivity index (χ1v) is 10.1. The Hall–Kier alpha value is -2.92. The molecule has 2 N–H and O–H groups in total. The third-order valence-electron chi connectivity index (χ3n) is 5.06. The van der Waals surface area contributed by atoms with E-state index in [9.17, 15) is 18.0 Å². The van der Waals surface area contributed by atoms with Crippen LogP contribution in [0.4, 0.5) is 13.2 Å². The smallest absolute Gasteiger partial charge is 0.384 e. The van der Waals surface area contributed by atoms with Crippen molar-refractivity contribution in [3.05, 3.63) is 51.8 Å². The molecule has 0 fully saturated rings. The van der Waals surface area contributed by atoms with Gasteiger partial charge < -0.3 is 15.4 Å². The summed E-state index contributed by atoms with van der Waals surface area (Å²) in [6.07, 6.45) is -1.17. The predicted octanol–water partition coefficient (Wildman–Crippen LogP) is 3.18. The van der Waals surface area contributed by atoms with Gasteiger partial charge in [-0.1, -0.05) is 22.9 Å². The minimum atomic E-state index is -4.66. The predicted molar refractivity (Wildman–Crippen MR) is 113 cm³/mol. The van der Waals surface area contributed by atoms with E-state index in [1.165, 1.54) is 15.6 Å². The van der Waals surface area contributed by atoms with Crippen LogP contribution in [0, 0.1) is 0 Å². The summed E-state index contributed by atoms with van der Waals surface area (Å²) in [5.74, 6) is -0.310. The maximum absolute atomic E-state index is 13.2. The highest BCUT2D eigenvalue weighted by Gasteiger charge is 2.37. The molecular formula is C20H22ClF3N6O2. The first kappa shape index (κ1) is 23.7. The lowest BCUT2D eigenvalue weighted by Gasteiger charge is -2.33. The first-order chi connectivity index (χ1) is 15.2. The Morgan fingerprint density at radius 2 is 2.19 bits per heavy atom. The fraction of sp³-hybridized carbons (Fsp3) is 0.400. The molecule has 1 aliphatic heterocycles. The summed E-state index contributed by atoms with van der Waals surface area (Å²) in [6.45, 7) is 2.94. The second kappa shape index (κ2) is 9.70. The fourth-order valence-corrected chi connectivity index (χ4v) is 3.73. The van der Waals surface area contributed by atoms with Gasteiger partial charge in [-0.2, -0.15) is 13.2 Å². The van der Waals surface area contributed by atoms with E-state index >= 15 is 0 Å². The molecule has 0 radical (unpaired) electrons. The number of hydrogen-bond acceptors (Lipinski definition) is 6. The van der Waals surface area contributed by atoms with Crippen LogP contribution in [0.25, 0.3) is 5.82 Å². The molecular weight excluding hydrogens is 449 g/mol. The summed E-state index contributed by atoms with van der Waals surface area (Å²) in [7, 11) is 1.58.